The topological polar surface area (TPSA) is 52.6 Å². The molecule has 0 amide bonds. The van der Waals surface area contributed by atoms with Crippen molar-refractivity contribution in [3.63, 3.8) is 0 Å². The van der Waals surface area contributed by atoms with Crippen molar-refractivity contribution in [1.29, 1.82) is 0 Å². The number of aliphatic hydroxyl groups is 1. The van der Waals surface area contributed by atoms with E-state index in [2.05, 4.69) is 4.72 Å². The van der Waals surface area contributed by atoms with E-state index < -0.39 is 33.8 Å². The van der Waals surface area contributed by atoms with Crippen molar-refractivity contribution in [2.75, 3.05) is 19.7 Å². The van der Waals surface area contributed by atoms with E-state index >= 15 is 0 Å². The van der Waals surface area contributed by atoms with Crippen LogP contribution in [0.25, 0.3) is 0 Å². The third-order valence-electron chi connectivity index (χ3n) is 5.28. The summed E-state index contributed by atoms with van der Waals surface area (Å²) < 4.78 is 44.1. The summed E-state index contributed by atoms with van der Waals surface area (Å²) in [6.07, 6.45) is 0. The highest BCUT2D eigenvalue weighted by atomic mass is 32.2. The summed E-state index contributed by atoms with van der Waals surface area (Å²) in [4.78, 5) is 1.93. The van der Waals surface area contributed by atoms with Gasteiger partial charge in [-0.3, -0.25) is 4.90 Å². The third-order valence-corrected chi connectivity index (χ3v) is 6.97. The molecule has 0 radical (unpaired) electrons. The second kappa shape index (κ2) is 8.22. The minimum absolute atomic E-state index is 0.0309. The molecule has 1 saturated heterocycles. The van der Waals surface area contributed by atoms with Crippen LogP contribution in [0.2, 0.25) is 0 Å². The van der Waals surface area contributed by atoms with Crippen LogP contribution in [0.4, 0.5) is 8.78 Å². The molecule has 1 unspecified atom stereocenters. The van der Waals surface area contributed by atoms with Crippen LogP contribution in [0.3, 0.4) is 0 Å². The molecular weight excluding hydrogens is 394 g/mol. The van der Waals surface area contributed by atoms with E-state index in [4.69, 9.17) is 0 Å². The molecule has 1 aliphatic rings. The van der Waals surface area contributed by atoms with E-state index in [1.807, 2.05) is 65.6 Å². The van der Waals surface area contributed by atoms with Crippen molar-refractivity contribution in [2.45, 2.75) is 43.0 Å². The Hall–Kier alpha value is -1.67. The first-order valence-electron chi connectivity index (χ1n) is 9.62. The zero-order valence-electron chi connectivity index (χ0n) is 16.9. The van der Waals surface area contributed by atoms with Gasteiger partial charge in [0.2, 0.25) is 0 Å². The van der Waals surface area contributed by atoms with Crippen molar-refractivity contribution in [1.82, 2.24) is 9.62 Å². The second-order valence-electron chi connectivity index (χ2n) is 8.56. The van der Waals surface area contributed by atoms with Gasteiger partial charge in [0.25, 0.3) is 5.92 Å². The standard InChI is InChI=1S/C22H28F2N2O2S/c1-20(2,3)29(28)25-21(22(23,24)16-27)14-26(15-21)19(17-10-6-4-7-11-17)18-12-8-5-9-13-18/h4-13,19,25,27H,14-16H2,1-3H3. The summed E-state index contributed by atoms with van der Waals surface area (Å²) in [5.41, 5.74) is 0.245. The Labute approximate surface area is 173 Å². The Morgan fingerprint density at radius 1 is 1.03 bits per heavy atom. The third kappa shape index (κ3) is 4.43. The number of rotatable bonds is 7. The fourth-order valence-electron chi connectivity index (χ4n) is 3.57. The number of halogens is 2. The average molecular weight is 423 g/mol. The maximum atomic E-state index is 14.8. The smallest absolute Gasteiger partial charge is 0.291 e. The fraction of sp³-hybridized carbons (Fsp3) is 0.455. The lowest BCUT2D eigenvalue weighted by Crippen LogP contribution is -2.78. The molecule has 4 nitrogen and oxygen atoms in total. The number of hydrogen-bond donors (Lipinski definition) is 2. The molecule has 158 valence electrons. The number of alkyl halides is 2. The minimum atomic E-state index is -3.40. The van der Waals surface area contributed by atoms with E-state index in [1.165, 1.54) is 0 Å². The molecule has 2 N–H and O–H groups in total. The number of benzene rings is 2. The van der Waals surface area contributed by atoms with E-state index in [0.29, 0.717) is 0 Å². The normalized spacial score (nSPS) is 18.4. The lowest BCUT2D eigenvalue weighted by molar-refractivity contribution is -0.171. The number of hydrogen-bond acceptors (Lipinski definition) is 3. The van der Waals surface area contributed by atoms with Gasteiger partial charge in [-0.2, -0.15) is 0 Å². The monoisotopic (exact) mass is 422 g/mol. The molecule has 0 saturated carbocycles. The van der Waals surface area contributed by atoms with E-state index in [0.717, 1.165) is 11.1 Å². The first kappa shape index (κ1) is 22.0. The SMILES string of the molecule is CC(C)(C)S(=O)NC1(C(F)(F)CO)CN(C(c2ccccc2)c2ccccc2)C1. The molecule has 3 rings (SSSR count). The van der Waals surface area contributed by atoms with Crippen molar-refractivity contribution in [3.8, 4) is 0 Å². The largest absolute Gasteiger partial charge is 0.390 e. The van der Waals surface area contributed by atoms with Crippen LogP contribution >= 0.6 is 0 Å². The summed E-state index contributed by atoms with van der Waals surface area (Å²) in [7, 11) is -1.69. The molecule has 1 aliphatic heterocycles. The van der Waals surface area contributed by atoms with Crippen LogP contribution in [-0.4, -0.2) is 50.1 Å². The summed E-state index contributed by atoms with van der Waals surface area (Å²) in [6, 6.07) is 19.2. The van der Waals surface area contributed by atoms with Crippen molar-refractivity contribution >= 4 is 11.0 Å². The first-order valence-corrected chi connectivity index (χ1v) is 10.8. The molecule has 0 spiro atoms. The molecule has 1 heterocycles. The fourth-order valence-corrected chi connectivity index (χ4v) is 4.51. The average Bonchev–Trinajstić information content (AvgIpc) is 2.66. The van der Waals surface area contributed by atoms with Gasteiger partial charge in [0.1, 0.15) is 12.1 Å². The van der Waals surface area contributed by atoms with Gasteiger partial charge in [-0.15, -0.1) is 0 Å². The number of nitrogens with one attached hydrogen (secondary N) is 1. The summed E-state index contributed by atoms with van der Waals surface area (Å²) in [5.74, 6) is -3.40. The summed E-state index contributed by atoms with van der Waals surface area (Å²) in [5, 5.41) is 9.36. The van der Waals surface area contributed by atoms with Gasteiger partial charge < -0.3 is 5.11 Å². The molecule has 1 fully saturated rings. The molecule has 0 aromatic heterocycles. The Balaban J connectivity index is 1.92. The molecule has 2 aromatic carbocycles. The molecule has 0 aliphatic carbocycles. The maximum absolute atomic E-state index is 14.8. The van der Waals surface area contributed by atoms with Gasteiger partial charge in [0, 0.05) is 13.1 Å². The summed E-state index contributed by atoms with van der Waals surface area (Å²) in [6.45, 7) is 3.83. The minimum Gasteiger partial charge on any atom is -0.390 e. The second-order valence-corrected chi connectivity index (χ2v) is 10.5. The highest BCUT2D eigenvalue weighted by Crippen LogP contribution is 2.43. The Morgan fingerprint density at radius 2 is 1.48 bits per heavy atom. The number of aliphatic hydroxyl groups excluding tert-OH is 1. The van der Waals surface area contributed by atoms with Crippen LogP contribution in [0.5, 0.6) is 0 Å². The van der Waals surface area contributed by atoms with Gasteiger partial charge in [0.05, 0.1) is 21.8 Å². The highest BCUT2D eigenvalue weighted by molar-refractivity contribution is 7.84. The van der Waals surface area contributed by atoms with Gasteiger partial charge in [0.15, 0.2) is 0 Å². The van der Waals surface area contributed by atoms with Crippen molar-refractivity contribution in [2.24, 2.45) is 0 Å². The lowest BCUT2D eigenvalue weighted by Gasteiger charge is -2.56. The van der Waals surface area contributed by atoms with Crippen LogP contribution in [-0.2, 0) is 11.0 Å². The quantitative estimate of drug-likeness (QED) is 0.718. The first-order chi connectivity index (χ1) is 13.6. The van der Waals surface area contributed by atoms with Gasteiger partial charge in [-0.1, -0.05) is 60.7 Å². The van der Waals surface area contributed by atoms with Gasteiger partial charge in [-0.25, -0.2) is 17.7 Å². The lowest BCUT2D eigenvalue weighted by atomic mass is 9.81. The number of nitrogens with zero attached hydrogens (tertiary/aromatic N) is 1. The van der Waals surface area contributed by atoms with Crippen LogP contribution in [0, 0.1) is 0 Å². The van der Waals surface area contributed by atoms with Crippen LogP contribution in [0.15, 0.2) is 60.7 Å². The molecule has 0 bridgehead atoms. The van der Waals surface area contributed by atoms with Gasteiger partial charge >= 0.3 is 0 Å². The van der Waals surface area contributed by atoms with E-state index in [-0.39, 0.29) is 19.1 Å². The molecule has 7 heteroatoms. The Bertz CT molecular complexity index is 795. The van der Waals surface area contributed by atoms with Crippen molar-refractivity contribution in [3.05, 3.63) is 71.8 Å². The van der Waals surface area contributed by atoms with E-state index in [1.54, 1.807) is 20.8 Å². The predicted octanol–water partition coefficient (Wildman–Crippen LogP) is 3.51. The van der Waals surface area contributed by atoms with Crippen LogP contribution in [0.1, 0.15) is 37.9 Å². The molecular formula is C22H28F2N2O2S. The zero-order chi connectivity index (χ0) is 21.3. The van der Waals surface area contributed by atoms with Crippen LogP contribution < -0.4 is 4.72 Å². The number of likely N-dealkylation sites (tertiary alicyclic amines) is 1. The molecule has 1 atom stereocenters. The molecule has 29 heavy (non-hydrogen) atoms. The maximum Gasteiger partial charge on any atom is 0.291 e. The molecule has 2 aromatic rings. The summed E-state index contributed by atoms with van der Waals surface area (Å²) >= 11 is 0. The predicted molar refractivity (Wildman–Crippen MR) is 112 cm³/mol. The van der Waals surface area contributed by atoms with Gasteiger partial charge in [-0.05, 0) is 31.9 Å². The zero-order valence-corrected chi connectivity index (χ0v) is 17.8. The van der Waals surface area contributed by atoms with E-state index in [9.17, 15) is 18.1 Å². The Kier molecular flexibility index (Phi) is 6.24. The van der Waals surface area contributed by atoms with Crippen molar-refractivity contribution < 1.29 is 18.1 Å². The Morgan fingerprint density at radius 3 is 1.86 bits per heavy atom. The highest BCUT2D eigenvalue weighted by Gasteiger charge is 2.62.